The number of benzene rings is 1. The fraction of sp³-hybridized carbons (Fsp3) is 0.143. The second-order valence-corrected chi connectivity index (χ2v) is 5.30. The lowest BCUT2D eigenvalue weighted by Gasteiger charge is -2.08. The molecule has 0 saturated heterocycles. The Morgan fingerprint density at radius 3 is 2.68 bits per heavy atom. The molecular weight excluding hydrogens is 260 g/mol. The molecule has 2 aromatic rings. The number of nitrogen functional groups attached to an aromatic ring is 1. The number of hydrogen-bond acceptors (Lipinski definition) is 4. The summed E-state index contributed by atoms with van der Waals surface area (Å²) in [5.74, 6) is -1.05. The highest BCUT2D eigenvalue weighted by Crippen LogP contribution is 2.33. The van der Waals surface area contributed by atoms with Crippen molar-refractivity contribution in [3.8, 4) is 0 Å². The molecule has 4 nitrogen and oxygen atoms in total. The van der Waals surface area contributed by atoms with Gasteiger partial charge in [-0.1, -0.05) is 23.9 Å². The van der Waals surface area contributed by atoms with Gasteiger partial charge >= 0.3 is 5.97 Å². The molecule has 0 saturated carbocycles. The van der Waals surface area contributed by atoms with Crippen LogP contribution in [-0.4, -0.2) is 16.1 Å². The predicted molar refractivity (Wildman–Crippen MR) is 75.6 cm³/mol. The molecule has 5 heteroatoms. The molecule has 98 valence electrons. The minimum Gasteiger partial charge on any atom is -0.477 e. The van der Waals surface area contributed by atoms with Gasteiger partial charge in [0.2, 0.25) is 0 Å². The third kappa shape index (κ3) is 3.06. The van der Waals surface area contributed by atoms with Crippen LogP contribution >= 0.6 is 11.8 Å². The van der Waals surface area contributed by atoms with Crippen molar-refractivity contribution in [2.75, 3.05) is 5.73 Å². The lowest BCUT2D eigenvalue weighted by atomic mass is 10.2. The van der Waals surface area contributed by atoms with Gasteiger partial charge in [-0.25, -0.2) is 9.78 Å². The quantitative estimate of drug-likeness (QED) is 0.899. The highest BCUT2D eigenvalue weighted by atomic mass is 32.2. The van der Waals surface area contributed by atoms with E-state index in [1.165, 1.54) is 17.8 Å². The first-order valence-electron chi connectivity index (χ1n) is 5.72. The molecule has 0 amide bonds. The molecule has 0 spiro atoms. The largest absolute Gasteiger partial charge is 0.477 e. The zero-order valence-electron chi connectivity index (χ0n) is 10.7. The van der Waals surface area contributed by atoms with Crippen molar-refractivity contribution < 1.29 is 9.90 Å². The van der Waals surface area contributed by atoms with Gasteiger partial charge < -0.3 is 10.8 Å². The minimum absolute atomic E-state index is 0.00186. The third-order valence-electron chi connectivity index (χ3n) is 2.66. The second-order valence-electron chi connectivity index (χ2n) is 4.27. The van der Waals surface area contributed by atoms with Crippen LogP contribution in [0.25, 0.3) is 0 Å². The summed E-state index contributed by atoms with van der Waals surface area (Å²) in [5, 5.41) is 9.47. The first-order chi connectivity index (χ1) is 8.97. The molecule has 0 aliphatic rings. The Labute approximate surface area is 115 Å². The van der Waals surface area contributed by atoms with Gasteiger partial charge in [-0.3, -0.25) is 0 Å². The van der Waals surface area contributed by atoms with Crippen molar-refractivity contribution in [1.29, 1.82) is 0 Å². The molecule has 19 heavy (non-hydrogen) atoms. The number of nitrogens with two attached hydrogens (primary N) is 1. The van der Waals surface area contributed by atoms with Gasteiger partial charge in [-0.15, -0.1) is 0 Å². The summed E-state index contributed by atoms with van der Waals surface area (Å²) in [6.45, 7) is 4.01. The zero-order chi connectivity index (χ0) is 14.0. The molecule has 3 N–H and O–H groups in total. The van der Waals surface area contributed by atoms with Gasteiger partial charge in [0.15, 0.2) is 0 Å². The van der Waals surface area contributed by atoms with Crippen LogP contribution in [0.2, 0.25) is 0 Å². The first kappa shape index (κ1) is 13.4. The van der Waals surface area contributed by atoms with E-state index in [9.17, 15) is 4.79 Å². The van der Waals surface area contributed by atoms with E-state index in [4.69, 9.17) is 10.8 Å². The SMILES string of the molecule is Cc1ccc(C)c(Sc2nc(C(=O)O)ccc2N)c1. The Morgan fingerprint density at radius 2 is 2.00 bits per heavy atom. The summed E-state index contributed by atoms with van der Waals surface area (Å²) in [6, 6.07) is 9.07. The van der Waals surface area contributed by atoms with Crippen LogP contribution in [0.4, 0.5) is 5.69 Å². The van der Waals surface area contributed by atoms with E-state index in [0.29, 0.717) is 10.7 Å². The number of aromatic carboxylic acids is 1. The van der Waals surface area contributed by atoms with Gasteiger partial charge in [0.05, 0.1) is 5.69 Å². The minimum atomic E-state index is -1.05. The van der Waals surface area contributed by atoms with E-state index >= 15 is 0 Å². The summed E-state index contributed by atoms with van der Waals surface area (Å²) in [6.07, 6.45) is 0. The van der Waals surface area contributed by atoms with Gasteiger partial charge in [-0.2, -0.15) is 0 Å². The first-order valence-corrected chi connectivity index (χ1v) is 6.54. The average Bonchev–Trinajstić information content (AvgIpc) is 2.36. The Hall–Kier alpha value is -2.01. The lowest BCUT2D eigenvalue weighted by molar-refractivity contribution is 0.0690. The molecule has 0 atom stereocenters. The monoisotopic (exact) mass is 274 g/mol. The molecule has 0 radical (unpaired) electrons. The number of nitrogens with zero attached hydrogens (tertiary/aromatic N) is 1. The normalized spacial score (nSPS) is 10.4. The number of anilines is 1. The van der Waals surface area contributed by atoms with E-state index in [2.05, 4.69) is 4.98 Å². The number of carbonyl (C=O) groups is 1. The van der Waals surface area contributed by atoms with Crippen LogP contribution in [0, 0.1) is 13.8 Å². The summed E-state index contributed by atoms with van der Waals surface area (Å²) in [5.41, 5.74) is 8.58. The third-order valence-corrected chi connectivity index (χ3v) is 3.84. The van der Waals surface area contributed by atoms with E-state index < -0.39 is 5.97 Å². The molecule has 0 aliphatic heterocycles. The average molecular weight is 274 g/mol. The predicted octanol–water partition coefficient (Wildman–Crippen LogP) is 3.13. The molecule has 2 rings (SSSR count). The number of aromatic nitrogens is 1. The number of rotatable bonds is 3. The maximum absolute atomic E-state index is 10.9. The molecule has 0 bridgehead atoms. The standard InChI is InChI=1S/C14H14N2O2S/c1-8-3-4-9(2)12(7-8)19-13-10(15)5-6-11(16-13)14(17)18/h3-7H,15H2,1-2H3,(H,17,18). The zero-order valence-corrected chi connectivity index (χ0v) is 11.5. The van der Waals surface area contributed by atoms with Crippen molar-refractivity contribution >= 4 is 23.4 Å². The topological polar surface area (TPSA) is 76.2 Å². The Bertz CT molecular complexity index is 641. The van der Waals surface area contributed by atoms with E-state index in [-0.39, 0.29) is 5.69 Å². The van der Waals surface area contributed by atoms with Crippen LogP contribution in [0.1, 0.15) is 21.6 Å². The highest BCUT2D eigenvalue weighted by molar-refractivity contribution is 7.99. The van der Waals surface area contributed by atoms with Crippen LogP contribution in [-0.2, 0) is 0 Å². The molecular formula is C14H14N2O2S. The molecule has 0 unspecified atom stereocenters. The number of aryl methyl sites for hydroxylation is 2. The van der Waals surface area contributed by atoms with Crippen molar-refractivity contribution in [3.05, 3.63) is 47.2 Å². The van der Waals surface area contributed by atoms with Crippen LogP contribution in [0.5, 0.6) is 0 Å². The Kier molecular flexibility index (Phi) is 3.76. The number of pyridine rings is 1. The van der Waals surface area contributed by atoms with Crippen LogP contribution in [0.15, 0.2) is 40.3 Å². The molecule has 1 aromatic carbocycles. The van der Waals surface area contributed by atoms with Crippen LogP contribution in [0.3, 0.4) is 0 Å². The number of carboxylic acids is 1. The van der Waals surface area contributed by atoms with Crippen molar-refractivity contribution in [3.63, 3.8) is 0 Å². The van der Waals surface area contributed by atoms with E-state index in [0.717, 1.165) is 16.0 Å². The summed E-state index contributed by atoms with van der Waals surface area (Å²) < 4.78 is 0. The second kappa shape index (κ2) is 5.32. The maximum atomic E-state index is 10.9. The van der Waals surface area contributed by atoms with E-state index in [1.54, 1.807) is 6.07 Å². The van der Waals surface area contributed by atoms with Gasteiger partial charge in [0, 0.05) is 4.90 Å². The highest BCUT2D eigenvalue weighted by Gasteiger charge is 2.11. The summed E-state index contributed by atoms with van der Waals surface area (Å²) >= 11 is 1.39. The fourth-order valence-corrected chi connectivity index (χ4v) is 2.59. The van der Waals surface area contributed by atoms with Gasteiger partial charge in [0.25, 0.3) is 0 Å². The summed E-state index contributed by atoms with van der Waals surface area (Å²) in [7, 11) is 0. The molecule has 1 aromatic heterocycles. The fourth-order valence-electron chi connectivity index (χ4n) is 1.57. The number of hydrogen-bond donors (Lipinski definition) is 2. The van der Waals surface area contributed by atoms with Crippen molar-refractivity contribution in [1.82, 2.24) is 4.98 Å². The Balaban J connectivity index is 2.40. The molecule has 1 heterocycles. The molecule has 0 aliphatic carbocycles. The summed E-state index contributed by atoms with van der Waals surface area (Å²) in [4.78, 5) is 16.0. The van der Waals surface area contributed by atoms with Crippen molar-refractivity contribution in [2.24, 2.45) is 0 Å². The lowest BCUT2D eigenvalue weighted by Crippen LogP contribution is -2.03. The van der Waals surface area contributed by atoms with Gasteiger partial charge in [-0.05, 0) is 43.2 Å². The molecule has 0 fully saturated rings. The smallest absolute Gasteiger partial charge is 0.354 e. The van der Waals surface area contributed by atoms with Gasteiger partial charge in [0.1, 0.15) is 10.7 Å². The van der Waals surface area contributed by atoms with E-state index in [1.807, 2.05) is 32.0 Å². The number of carboxylic acid groups (broad SMARTS) is 1. The van der Waals surface area contributed by atoms with Crippen LogP contribution < -0.4 is 5.73 Å². The van der Waals surface area contributed by atoms with Crippen molar-refractivity contribution in [2.45, 2.75) is 23.8 Å². The Morgan fingerprint density at radius 1 is 1.26 bits per heavy atom. The maximum Gasteiger partial charge on any atom is 0.354 e.